The molecule has 0 aromatic heterocycles. The molecule has 0 spiro atoms. The van der Waals surface area contributed by atoms with E-state index in [0.29, 0.717) is 0 Å². The van der Waals surface area contributed by atoms with E-state index < -0.39 is 0 Å². The van der Waals surface area contributed by atoms with Gasteiger partial charge in [0.25, 0.3) is 0 Å². The number of hydrogen-bond donors (Lipinski definition) is 1. The van der Waals surface area contributed by atoms with Crippen molar-refractivity contribution in [2.24, 2.45) is 17.8 Å². The minimum absolute atomic E-state index is 0.730. The molecule has 1 aromatic carbocycles. The van der Waals surface area contributed by atoms with Gasteiger partial charge in [-0.3, -0.25) is 0 Å². The molecule has 2 saturated carbocycles. The van der Waals surface area contributed by atoms with Gasteiger partial charge in [0.05, 0.1) is 0 Å². The lowest BCUT2D eigenvalue weighted by molar-refractivity contribution is 0.380. The summed E-state index contributed by atoms with van der Waals surface area (Å²) in [7, 11) is 0. The topological polar surface area (TPSA) is 12.0 Å². The first-order valence-electron chi connectivity index (χ1n) is 8.38. The average Bonchev–Trinajstić information content (AvgIpc) is 3.10. The van der Waals surface area contributed by atoms with Gasteiger partial charge < -0.3 is 5.32 Å². The standard InChI is InChI=1S/C19H25N/c1-13(18-12-14-9-10-16(18)11-14)20-19-8-4-6-15-5-2-3-7-17(15)19/h4,6,8,14,16,18,20H,1-3,5,7,9-12H2. The Kier molecular flexibility index (Phi) is 3.09. The summed E-state index contributed by atoms with van der Waals surface area (Å²) in [5.41, 5.74) is 5.75. The van der Waals surface area contributed by atoms with Crippen molar-refractivity contribution >= 4 is 5.69 Å². The van der Waals surface area contributed by atoms with Crippen molar-refractivity contribution in [3.8, 4) is 0 Å². The second-order valence-corrected chi connectivity index (χ2v) is 7.08. The summed E-state index contributed by atoms with van der Waals surface area (Å²) in [5.74, 6) is 2.64. The molecule has 0 heterocycles. The lowest BCUT2D eigenvalue weighted by Crippen LogP contribution is -2.18. The van der Waals surface area contributed by atoms with E-state index >= 15 is 0 Å². The van der Waals surface area contributed by atoms with Crippen LogP contribution >= 0.6 is 0 Å². The van der Waals surface area contributed by atoms with E-state index in [-0.39, 0.29) is 0 Å². The minimum Gasteiger partial charge on any atom is -0.359 e. The van der Waals surface area contributed by atoms with Crippen LogP contribution in [0.25, 0.3) is 0 Å². The summed E-state index contributed by atoms with van der Waals surface area (Å²) in [6.45, 7) is 4.39. The van der Waals surface area contributed by atoms with E-state index in [9.17, 15) is 0 Å². The molecule has 0 aliphatic heterocycles. The van der Waals surface area contributed by atoms with Gasteiger partial charge in [-0.2, -0.15) is 0 Å². The van der Waals surface area contributed by atoms with Crippen molar-refractivity contribution in [2.45, 2.75) is 51.4 Å². The van der Waals surface area contributed by atoms with Gasteiger partial charge in [0.15, 0.2) is 0 Å². The van der Waals surface area contributed by atoms with Crippen molar-refractivity contribution in [3.05, 3.63) is 41.6 Å². The number of allylic oxidation sites excluding steroid dienone is 1. The molecule has 3 aliphatic rings. The Bertz CT molecular complexity index is 531. The number of aryl methyl sites for hydroxylation is 1. The third-order valence-corrected chi connectivity index (χ3v) is 5.88. The van der Waals surface area contributed by atoms with E-state index in [2.05, 4.69) is 30.1 Å². The molecule has 106 valence electrons. The second kappa shape index (κ2) is 4.95. The summed E-state index contributed by atoms with van der Waals surface area (Å²) in [5, 5.41) is 3.70. The monoisotopic (exact) mass is 267 g/mol. The van der Waals surface area contributed by atoms with Crippen molar-refractivity contribution in [2.75, 3.05) is 5.32 Å². The van der Waals surface area contributed by atoms with Crippen LogP contribution in [0.4, 0.5) is 5.69 Å². The highest BCUT2D eigenvalue weighted by atomic mass is 14.9. The van der Waals surface area contributed by atoms with E-state index in [1.54, 1.807) is 11.1 Å². The van der Waals surface area contributed by atoms with Gasteiger partial charge >= 0.3 is 0 Å². The van der Waals surface area contributed by atoms with Gasteiger partial charge in [-0.1, -0.05) is 25.1 Å². The predicted octanol–water partition coefficient (Wildman–Crippen LogP) is 4.93. The smallest absolute Gasteiger partial charge is 0.0417 e. The normalized spacial score (nSPS) is 31.1. The molecule has 3 atom stereocenters. The van der Waals surface area contributed by atoms with Gasteiger partial charge in [-0.05, 0) is 74.0 Å². The zero-order valence-electron chi connectivity index (χ0n) is 12.3. The molecule has 3 unspecified atom stereocenters. The lowest BCUT2D eigenvalue weighted by Gasteiger charge is -2.27. The van der Waals surface area contributed by atoms with Crippen LogP contribution in [0.2, 0.25) is 0 Å². The molecule has 2 bridgehead atoms. The zero-order chi connectivity index (χ0) is 13.5. The van der Waals surface area contributed by atoms with Crippen molar-refractivity contribution in [1.82, 2.24) is 0 Å². The third-order valence-electron chi connectivity index (χ3n) is 5.88. The van der Waals surface area contributed by atoms with Crippen LogP contribution in [0.15, 0.2) is 30.5 Å². The summed E-state index contributed by atoms with van der Waals surface area (Å²) in [4.78, 5) is 0. The van der Waals surface area contributed by atoms with Crippen LogP contribution in [0.3, 0.4) is 0 Å². The zero-order valence-corrected chi connectivity index (χ0v) is 12.3. The Balaban J connectivity index is 1.53. The highest BCUT2D eigenvalue weighted by Crippen LogP contribution is 2.50. The first-order valence-corrected chi connectivity index (χ1v) is 8.38. The molecule has 0 radical (unpaired) electrons. The molecule has 1 heteroatoms. The fourth-order valence-electron chi connectivity index (χ4n) is 4.84. The highest BCUT2D eigenvalue weighted by molar-refractivity contribution is 5.58. The molecule has 0 amide bonds. The van der Waals surface area contributed by atoms with Crippen LogP contribution in [0.1, 0.15) is 49.7 Å². The molecule has 1 N–H and O–H groups in total. The number of fused-ring (bicyclic) bond motifs is 3. The van der Waals surface area contributed by atoms with E-state index in [1.165, 1.54) is 62.8 Å². The predicted molar refractivity (Wildman–Crippen MR) is 84.8 cm³/mol. The Labute approximate surface area is 122 Å². The molecule has 1 aromatic rings. The summed E-state index contributed by atoms with van der Waals surface area (Å²) in [6, 6.07) is 6.77. The average molecular weight is 267 g/mol. The summed E-state index contributed by atoms with van der Waals surface area (Å²) >= 11 is 0. The fourth-order valence-corrected chi connectivity index (χ4v) is 4.84. The summed E-state index contributed by atoms with van der Waals surface area (Å²) < 4.78 is 0. The van der Waals surface area contributed by atoms with Crippen LogP contribution in [0, 0.1) is 17.8 Å². The Morgan fingerprint density at radius 1 is 1.10 bits per heavy atom. The van der Waals surface area contributed by atoms with E-state index in [4.69, 9.17) is 0 Å². The SMILES string of the molecule is C=C(Nc1cccc2c1CCCC2)C1CC2CCC1C2. The molecular weight excluding hydrogens is 242 g/mol. The summed E-state index contributed by atoms with van der Waals surface area (Å²) in [6.07, 6.45) is 10.9. The van der Waals surface area contributed by atoms with Gasteiger partial charge in [-0.15, -0.1) is 0 Å². The van der Waals surface area contributed by atoms with Gasteiger partial charge in [-0.25, -0.2) is 0 Å². The third kappa shape index (κ3) is 2.08. The van der Waals surface area contributed by atoms with E-state index in [0.717, 1.165) is 17.8 Å². The van der Waals surface area contributed by atoms with Gasteiger partial charge in [0.1, 0.15) is 0 Å². The number of nitrogens with one attached hydrogen (secondary N) is 1. The maximum absolute atomic E-state index is 4.39. The maximum atomic E-state index is 4.39. The van der Waals surface area contributed by atoms with Crippen LogP contribution in [-0.4, -0.2) is 0 Å². The second-order valence-electron chi connectivity index (χ2n) is 7.08. The first kappa shape index (κ1) is 12.5. The maximum Gasteiger partial charge on any atom is 0.0417 e. The largest absolute Gasteiger partial charge is 0.359 e. The van der Waals surface area contributed by atoms with Crippen molar-refractivity contribution in [3.63, 3.8) is 0 Å². The molecule has 20 heavy (non-hydrogen) atoms. The van der Waals surface area contributed by atoms with Crippen LogP contribution in [0.5, 0.6) is 0 Å². The molecule has 3 aliphatic carbocycles. The Hall–Kier alpha value is -1.24. The Morgan fingerprint density at radius 3 is 2.80 bits per heavy atom. The van der Waals surface area contributed by atoms with E-state index in [1.807, 2.05) is 0 Å². The first-order chi connectivity index (χ1) is 9.81. The van der Waals surface area contributed by atoms with Crippen LogP contribution < -0.4 is 5.32 Å². The fraction of sp³-hybridized carbons (Fsp3) is 0.579. The number of anilines is 1. The van der Waals surface area contributed by atoms with Crippen molar-refractivity contribution < 1.29 is 0 Å². The highest BCUT2D eigenvalue weighted by Gasteiger charge is 2.40. The Morgan fingerprint density at radius 2 is 2.00 bits per heavy atom. The number of rotatable bonds is 3. The molecular formula is C19H25N. The molecule has 0 saturated heterocycles. The van der Waals surface area contributed by atoms with Crippen molar-refractivity contribution in [1.29, 1.82) is 0 Å². The number of benzene rings is 1. The lowest BCUT2D eigenvalue weighted by atomic mass is 9.86. The molecule has 4 rings (SSSR count). The van der Waals surface area contributed by atoms with Crippen LogP contribution in [-0.2, 0) is 12.8 Å². The minimum atomic E-state index is 0.730. The molecule has 1 nitrogen and oxygen atoms in total. The number of hydrogen-bond acceptors (Lipinski definition) is 1. The van der Waals surface area contributed by atoms with Gasteiger partial charge in [0, 0.05) is 17.3 Å². The molecule has 2 fully saturated rings. The quantitative estimate of drug-likeness (QED) is 0.819. The van der Waals surface area contributed by atoms with Gasteiger partial charge in [0.2, 0.25) is 0 Å².